The number of fused-ring (bicyclic) bond motifs is 2. The number of rotatable bonds is 5. The molecule has 0 radical (unpaired) electrons. The van der Waals surface area contributed by atoms with Gasteiger partial charge in [0.25, 0.3) is 0 Å². The summed E-state index contributed by atoms with van der Waals surface area (Å²) in [5.41, 5.74) is -0.517. The highest BCUT2D eigenvalue weighted by atomic mass is 32.2. The Morgan fingerprint density at radius 3 is 2.63 bits per heavy atom. The van der Waals surface area contributed by atoms with Gasteiger partial charge < -0.3 is 9.47 Å². The Kier molecular flexibility index (Phi) is 4.60. The first-order chi connectivity index (χ1) is 12.8. The van der Waals surface area contributed by atoms with E-state index in [1.54, 1.807) is 0 Å². The normalized spacial score (nSPS) is 33.3. The molecule has 3 aliphatic rings. The quantitative estimate of drug-likeness (QED) is 0.767. The molecule has 3 atom stereocenters. The molecule has 2 aliphatic carbocycles. The second-order valence-electron chi connectivity index (χ2n) is 8.39. The summed E-state index contributed by atoms with van der Waals surface area (Å²) in [7, 11) is -3.76. The number of carbonyl (C=O) groups excluding carboxylic acids is 1. The van der Waals surface area contributed by atoms with Gasteiger partial charge in [0.15, 0.2) is 5.78 Å². The molecular formula is C20H27NO5S. The molecule has 4 rings (SSSR count). The minimum atomic E-state index is -3.76. The predicted octanol–water partition coefficient (Wildman–Crippen LogP) is 2.24. The Hall–Kier alpha value is -1.44. The van der Waals surface area contributed by atoms with E-state index in [0.717, 1.165) is 12.2 Å². The lowest BCUT2D eigenvalue weighted by molar-refractivity contribution is -0.121. The van der Waals surface area contributed by atoms with Crippen molar-refractivity contribution in [3.8, 4) is 5.75 Å². The lowest BCUT2D eigenvalue weighted by atomic mass is 9.81. The van der Waals surface area contributed by atoms with Crippen LogP contribution in [0.25, 0.3) is 0 Å². The lowest BCUT2D eigenvalue weighted by Crippen LogP contribution is -2.60. The van der Waals surface area contributed by atoms with Gasteiger partial charge in [-0.25, -0.2) is 8.42 Å². The van der Waals surface area contributed by atoms with Crippen LogP contribution in [0, 0.1) is 11.3 Å². The Balaban J connectivity index is 1.51. The number of ether oxygens (including phenoxy) is 2. The second kappa shape index (κ2) is 6.57. The third kappa shape index (κ3) is 2.74. The van der Waals surface area contributed by atoms with Crippen molar-refractivity contribution >= 4 is 15.8 Å². The van der Waals surface area contributed by atoms with E-state index in [2.05, 4.69) is 0 Å². The third-order valence-corrected chi connectivity index (χ3v) is 9.70. The minimum Gasteiger partial charge on any atom is -0.491 e. The van der Waals surface area contributed by atoms with Gasteiger partial charge in [0.1, 0.15) is 23.2 Å². The molecule has 2 bridgehead atoms. The number of benzene rings is 1. The van der Waals surface area contributed by atoms with Gasteiger partial charge >= 0.3 is 0 Å². The Morgan fingerprint density at radius 2 is 2.00 bits per heavy atom. The molecular weight excluding hydrogens is 366 g/mol. The topological polar surface area (TPSA) is 72.9 Å². The number of nitrogens with zero attached hydrogens (tertiary/aromatic N) is 1. The first kappa shape index (κ1) is 18.9. The molecule has 0 unspecified atom stereocenters. The number of hydrogen-bond donors (Lipinski definition) is 0. The van der Waals surface area contributed by atoms with Crippen LogP contribution < -0.4 is 4.74 Å². The van der Waals surface area contributed by atoms with Gasteiger partial charge in [0.05, 0.1) is 6.61 Å². The molecule has 0 N–H and O–H groups in total. The average Bonchev–Trinajstić information content (AvgIpc) is 3.04. The molecule has 6 nitrogen and oxygen atoms in total. The number of carbonyl (C=O) groups is 1. The van der Waals surface area contributed by atoms with E-state index in [9.17, 15) is 13.2 Å². The number of para-hydroxylation sites is 1. The molecule has 7 heteroatoms. The largest absolute Gasteiger partial charge is 0.491 e. The molecule has 0 amide bonds. The van der Waals surface area contributed by atoms with E-state index in [0.29, 0.717) is 26.0 Å². The van der Waals surface area contributed by atoms with Gasteiger partial charge in [-0.3, -0.25) is 4.79 Å². The molecule has 27 heavy (non-hydrogen) atoms. The van der Waals surface area contributed by atoms with Crippen molar-refractivity contribution in [1.82, 2.24) is 4.31 Å². The van der Waals surface area contributed by atoms with Crippen LogP contribution in [0.5, 0.6) is 5.75 Å². The van der Waals surface area contributed by atoms with Gasteiger partial charge in [0, 0.05) is 19.5 Å². The van der Waals surface area contributed by atoms with Gasteiger partial charge in [-0.05, 0) is 36.3 Å². The smallest absolute Gasteiger partial charge is 0.227 e. The summed E-state index contributed by atoms with van der Waals surface area (Å²) < 4.78 is 38.9. The summed E-state index contributed by atoms with van der Waals surface area (Å²) >= 11 is 0. The minimum absolute atomic E-state index is 0.104. The molecule has 1 saturated heterocycles. The van der Waals surface area contributed by atoms with E-state index >= 15 is 0 Å². The predicted molar refractivity (Wildman–Crippen MR) is 101 cm³/mol. The van der Waals surface area contributed by atoms with Crippen molar-refractivity contribution in [2.24, 2.45) is 11.3 Å². The van der Waals surface area contributed by atoms with E-state index in [1.165, 1.54) is 4.31 Å². The van der Waals surface area contributed by atoms with E-state index in [-0.39, 0.29) is 31.0 Å². The highest BCUT2D eigenvalue weighted by molar-refractivity contribution is 7.91. The van der Waals surface area contributed by atoms with Gasteiger partial charge in [-0.2, -0.15) is 4.31 Å². The zero-order valence-corrected chi connectivity index (χ0v) is 16.7. The zero-order chi connectivity index (χ0) is 19.3. The number of Topliss-reactive ketones (excluding diaryl/α,β-unsaturated/α-hetero) is 1. The molecule has 1 aromatic rings. The van der Waals surface area contributed by atoms with Crippen molar-refractivity contribution in [2.75, 3.05) is 26.3 Å². The fourth-order valence-electron chi connectivity index (χ4n) is 5.18. The van der Waals surface area contributed by atoms with Crippen molar-refractivity contribution in [1.29, 1.82) is 0 Å². The molecule has 1 aromatic carbocycles. The highest BCUT2D eigenvalue weighted by Crippen LogP contribution is 2.62. The van der Waals surface area contributed by atoms with Crippen LogP contribution in [0.2, 0.25) is 0 Å². The Bertz CT molecular complexity index is 822. The van der Waals surface area contributed by atoms with Crippen LogP contribution in [-0.4, -0.2) is 55.7 Å². The molecule has 1 heterocycles. The second-order valence-corrected chi connectivity index (χ2v) is 10.6. The SMILES string of the molecule is CC1(C)[C@H]2CC[C@@]1(S(=O)(=O)N1CCO[C@@H](COc3ccccc3)C1)C(=O)C2. The number of hydrogen-bond acceptors (Lipinski definition) is 5. The van der Waals surface area contributed by atoms with Crippen molar-refractivity contribution in [3.05, 3.63) is 30.3 Å². The fourth-order valence-corrected chi connectivity index (χ4v) is 7.87. The van der Waals surface area contributed by atoms with E-state index in [4.69, 9.17) is 9.47 Å². The van der Waals surface area contributed by atoms with Crippen molar-refractivity contribution < 1.29 is 22.7 Å². The average molecular weight is 394 g/mol. The first-order valence-corrected chi connectivity index (χ1v) is 11.1. The number of sulfonamides is 1. The molecule has 0 aromatic heterocycles. The molecule has 0 spiro atoms. The highest BCUT2D eigenvalue weighted by Gasteiger charge is 2.72. The summed E-state index contributed by atoms with van der Waals surface area (Å²) in [5, 5.41) is 0. The molecule has 1 aliphatic heterocycles. The van der Waals surface area contributed by atoms with Gasteiger partial charge in [-0.15, -0.1) is 0 Å². The van der Waals surface area contributed by atoms with Crippen LogP contribution in [0.4, 0.5) is 0 Å². The molecule has 3 fully saturated rings. The lowest BCUT2D eigenvalue weighted by Gasteiger charge is -2.42. The van der Waals surface area contributed by atoms with Crippen LogP contribution in [0.3, 0.4) is 0 Å². The molecule has 148 valence electrons. The van der Waals surface area contributed by atoms with Gasteiger partial charge in [0.2, 0.25) is 10.0 Å². The fraction of sp³-hybridized carbons (Fsp3) is 0.650. The monoisotopic (exact) mass is 393 g/mol. The van der Waals surface area contributed by atoms with Crippen LogP contribution >= 0.6 is 0 Å². The van der Waals surface area contributed by atoms with E-state index < -0.39 is 20.2 Å². The van der Waals surface area contributed by atoms with Crippen LogP contribution in [0.15, 0.2) is 30.3 Å². The van der Waals surface area contributed by atoms with Crippen molar-refractivity contribution in [2.45, 2.75) is 44.0 Å². The maximum atomic E-state index is 13.6. The summed E-state index contributed by atoms with van der Waals surface area (Å²) in [5.74, 6) is 0.788. The summed E-state index contributed by atoms with van der Waals surface area (Å²) in [6.45, 7) is 5.01. The zero-order valence-electron chi connectivity index (χ0n) is 15.9. The summed E-state index contributed by atoms with van der Waals surface area (Å²) in [4.78, 5) is 12.8. The number of ketones is 1. The van der Waals surface area contributed by atoms with Crippen LogP contribution in [0.1, 0.15) is 33.1 Å². The van der Waals surface area contributed by atoms with E-state index in [1.807, 2.05) is 44.2 Å². The number of morpholine rings is 1. The Morgan fingerprint density at radius 1 is 1.26 bits per heavy atom. The first-order valence-electron chi connectivity index (χ1n) is 9.61. The Labute approximate surface area is 160 Å². The maximum absolute atomic E-state index is 13.6. The van der Waals surface area contributed by atoms with Gasteiger partial charge in [-0.1, -0.05) is 32.0 Å². The summed E-state index contributed by atoms with van der Waals surface area (Å²) in [6, 6.07) is 9.39. The molecule has 2 saturated carbocycles. The summed E-state index contributed by atoms with van der Waals surface area (Å²) in [6.07, 6.45) is 1.29. The van der Waals surface area contributed by atoms with Crippen molar-refractivity contribution in [3.63, 3.8) is 0 Å². The maximum Gasteiger partial charge on any atom is 0.227 e. The van der Waals surface area contributed by atoms with Crippen LogP contribution in [-0.2, 0) is 19.6 Å². The standard InChI is InChI=1S/C20H27NO5S/c1-19(2)15-8-9-20(19,18(22)12-15)27(23,24)21-10-11-25-17(13-21)14-26-16-6-4-3-5-7-16/h3-7,15,17H,8-14H2,1-2H3/t15-,17+,20+/m0/s1. The third-order valence-electron chi connectivity index (χ3n) is 6.85.